The molecule has 43 heavy (non-hydrogen) atoms. The van der Waals surface area contributed by atoms with Gasteiger partial charge < -0.3 is 15.5 Å². The van der Waals surface area contributed by atoms with E-state index in [-0.39, 0.29) is 23.3 Å². The Morgan fingerprint density at radius 1 is 0.721 bits per heavy atom. The zero-order valence-electron chi connectivity index (χ0n) is 25.4. The van der Waals surface area contributed by atoms with Crippen LogP contribution < -0.4 is 10.6 Å². The molecule has 3 aliphatic carbocycles. The molecule has 0 spiro atoms. The number of rotatable bonds is 8. The van der Waals surface area contributed by atoms with E-state index in [0.717, 1.165) is 61.9 Å². The predicted octanol–water partition coefficient (Wildman–Crippen LogP) is 6.78. The first kappa shape index (κ1) is 29.2. The van der Waals surface area contributed by atoms with Crippen LogP contribution in [0.1, 0.15) is 98.7 Å². The molecule has 0 aromatic heterocycles. The molecule has 224 valence electrons. The minimum atomic E-state index is -0.666. The van der Waals surface area contributed by atoms with Crippen LogP contribution in [-0.2, 0) is 9.59 Å². The molecule has 1 heterocycles. The number of fused-ring (bicyclic) bond motifs is 3. The molecule has 3 aromatic carbocycles. The van der Waals surface area contributed by atoms with Gasteiger partial charge in [0.25, 0.3) is 5.91 Å². The topological polar surface area (TPSA) is 78.5 Å². The molecule has 3 amide bonds. The van der Waals surface area contributed by atoms with Crippen LogP contribution >= 0.6 is 0 Å². The van der Waals surface area contributed by atoms with Crippen molar-refractivity contribution < 1.29 is 14.4 Å². The summed E-state index contributed by atoms with van der Waals surface area (Å²) in [4.78, 5) is 43.1. The van der Waals surface area contributed by atoms with E-state index >= 15 is 0 Å². The van der Waals surface area contributed by atoms with Gasteiger partial charge in [-0.1, -0.05) is 86.6 Å². The number of benzene rings is 3. The van der Waals surface area contributed by atoms with Gasteiger partial charge in [-0.05, 0) is 85.6 Å². The Morgan fingerprint density at radius 3 is 1.95 bits per heavy atom. The molecule has 2 N–H and O–H groups in total. The summed E-state index contributed by atoms with van der Waals surface area (Å²) in [6, 6.07) is 25.3. The van der Waals surface area contributed by atoms with Gasteiger partial charge in [0.2, 0.25) is 11.8 Å². The van der Waals surface area contributed by atoms with Gasteiger partial charge in [0.15, 0.2) is 0 Å². The Kier molecular flexibility index (Phi) is 8.13. The summed E-state index contributed by atoms with van der Waals surface area (Å²) in [7, 11) is 0. The van der Waals surface area contributed by atoms with Gasteiger partial charge >= 0.3 is 0 Å². The molecule has 3 aromatic rings. The summed E-state index contributed by atoms with van der Waals surface area (Å²) in [5.41, 5.74) is 3.94. The highest BCUT2D eigenvalue weighted by Gasteiger charge is 2.53. The third kappa shape index (κ3) is 5.84. The number of likely N-dealkylation sites (tertiary alicyclic amines) is 1. The summed E-state index contributed by atoms with van der Waals surface area (Å²) in [6.45, 7) is 5.85. The highest BCUT2D eigenvalue weighted by Crippen LogP contribution is 2.53. The Morgan fingerprint density at radius 2 is 1.33 bits per heavy atom. The van der Waals surface area contributed by atoms with E-state index in [4.69, 9.17) is 0 Å². The van der Waals surface area contributed by atoms with Gasteiger partial charge in [-0.3, -0.25) is 14.4 Å². The number of carbonyl (C=O) groups is 3. The second kappa shape index (κ2) is 12.0. The molecule has 1 saturated heterocycles. The van der Waals surface area contributed by atoms with Gasteiger partial charge in [-0.15, -0.1) is 0 Å². The average Bonchev–Trinajstić information content (AvgIpc) is 3.60. The predicted molar refractivity (Wildman–Crippen MR) is 169 cm³/mol. The third-order valence-electron chi connectivity index (χ3n) is 10.2. The first-order valence-electron chi connectivity index (χ1n) is 16.0. The lowest BCUT2D eigenvalue weighted by atomic mass is 9.56. The van der Waals surface area contributed by atoms with Crippen LogP contribution in [0.2, 0.25) is 0 Å². The van der Waals surface area contributed by atoms with Crippen LogP contribution in [0, 0.1) is 5.41 Å². The van der Waals surface area contributed by atoms with Gasteiger partial charge in [0.05, 0.1) is 0 Å². The molecule has 1 aliphatic heterocycles. The molecule has 4 aliphatic rings. The van der Waals surface area contributed by atoms with E-state index in [9.17, 15) is 14.4 Å². The van der Waals surface area contributed by atoms with E-state index < -0.39 is 11.5 Å². The summed E-state index contributed by atoms with van der Waals surface area (Å²) >= 11 is 0. The van der Waals surface area contributed by atoms with Crippen LogP contribution in [0.4, 0.5) is 0 Å². The maximum absolute atomic E-state index is 13.9. The summed E-state index contributed by atoms with van der Waals surface area (Å²) < 4.78 is 0. The van der Waals surface area contributed by atoms with Crippen molar-refractivity contribution in [2.24, 2.45) is 5.41 Å². The third-order valence-corrected chi connectivity index (χ3v) is 10.2. The lowest BCUT2D eigenvalue weighted by Crippen LogP contribution is -2.60. The van der Waals surface area contributed by atoms with Crippen molar-refractivity contribution in [3.63, 3.8) is 0 Å². The Balaban J connectivity index is 1.14. The lowest BCUT2D eigenvalue weighted by molar-refractivity contribution is -0.143. The molecule has 4 fully saturated rings. The molecular weight excluding hydrogens is 534 g/mol. The monoisotopic (exact) mass is 577 g/mol. The largest absolute Gasteiger partial charge is 0.347 e. The molecule has 6 nitrogen and oxygen atoms in total. The van der Waals surface area contributed by atoms with Gasteiger partial charge in [-0.2, -0.15) is 0 Å². The van der Waals surface area contributed by atoms with E-state index in [1.807, 2.05) is 59.5 Å². The molecule has 3 saturated carbocycles. The number of carbonyl (C=O) groups excluding carboxylic acids is 3. The Labute approximate surface area is 255 Å². The molecular formula is C37H43N3O3. The molecule has 6 heteroatoms. The fourth-order valence-electron chi connectivity index (χ4n) is 7.34. The molecule has 7 rings (SSSR count). The maximum Gasteiger partial charge on any atom is 0.252 e. The number of amides is 3. The number of nitrogens with zero attached hydrogens (tertiary/aromatic N) is 1. The zero-order chi connectivity index (χ0) is 30.0. The Bertz CT molecular complexity index is 1450. The molecule has 0 unspecified atom stereocenters. The van der Waals surface area contributed by atoms with Crippen LogP contribution in [0.5, 0.6) is 0 Å². The van der Waals surface area contributed by atoms with E-state index in [1.165, 1.54) is 5.56 Å². The van der Waals surface area contributed by atoms with Crippen molar-refractivity contribution in [3.05, 3.63) is 95.6 Å². The number of hydrogen-bond acceptors (Lipinski definition) is 3. The fourth-order valence-corrected chi connectivity index (χ4v) is 7.34. The first-order valence-corrected chi connectivity index (χ1v) is 16.0. The SMILES string of the molecule is CC(C)c1ccc(-c2ccccc2C(=O)NC23CCC(C(=O)N[C@H](C(=O)N4CCCC4)c4ccccc4)(CC2)CC3)cc1. The van der Waals surface area contributed by atoms with Gasteiger partial charge in [0.1, 0.15) is 6.04 Å². The highest BCUT2D eigenvalue weighted by atomic mass is 16.2. The number of nitrogens with one attached hydrogen (secondary N) is 2. The van der Waals surface area contributed by atoms with Crippen molar-refractivity contribution >= 4 is 17.7 Å². The number of hydrogen-bond donors (Lipinski definition) is 2. The minimum Gasteiger partial charge on any atom is -0.347 e. The van der Waals surface area contributed by atoms with Crippen molar-refractivity contribution in [1.82, 2.24) is 15.5 Å². The summed E-state index contributed by atoms with van der Waals surface area (Å²) in [5, 5.41) is 6.62. The standard InChI is InChI=1S/C37H43N3O3/c1-26(2)27-14-16-28(17-15-27)30-12-6-7-13-31(30)33(41)39-37-21-18-36(19-22-37,20-23-37)35(43)38-32(29-10-4-3-5-11-29)34(42)40-24-8-9-25-40/h3-7,10-17,26,32H,8-9,18-25H2,1-2H3,(H,38,43)(H,39,41)/t32-,36?,37?/m0/s1. The van der Waals surface area contributed by atoms with Crippen molar-refractivity contribution in [2.45, 2.75) is 82.7 Å². The lowest BCUT2D eigenvalue weighted by Gasteiger charge is -2.52. The summed E-state index contributed by atoms with van der Waals surface area (Å²) in [6.07, 6.45) is 6.40. The highest BCUT2D eigenvalue weighted by molar-refractivity contribution is 6.01. The van der Waals surface area contributed by atoms with Crippen molar-refractivity contribution in [2.75, 3.05) is 13.1 Å². The van der Waals surface area contributed by atoms with Gasteiger partial charge in [-0.25, -0.2) is 0 Å². The normalized spacial score (nSPS) is 23.7. The van der Waals surface area contributed by atoms with Crippen LogP contribution in [0.15, 0.2) is 78.9 Å². The van der Waals surface area contributed by atoms with E-state index in [1.54, 1.807) is 0 Å². The van der Waals surface area contributed by atoms with Crippen LogP contribution in [0.3, 0.4) is 0 Å². The molecule has 0 radical (unpaired) electrons. The maximum atomic E-state index is 13.9. The van der Waals surface area contributed by atoms with E-state index in [2.05, 4.69) is 48.7 Å². The van der Waals surface area contributed by atoms with Crippen LogP contribution in [0.25, 0.3) is 11.1 Å². The fraction of sp³-hybridized carbons (Fsp3) is 0.432. The van der Waals surface area contributed by atoms with Crippen LogP contribution in [-0.4, -0.2) is 41.2 Å². The second-order valence-corrected chi connectivity index (χ2v) is 13.2. The molecule has 2 bridgehead atoms. The Hall–Kier alpha value is -3.93. The zero-order valence-corrected chi connectivity index (χ0v) is 25.4. The first-order chi connectivity index (χ1) is 20.8. The summed E-state index contributed by atoms with van der Waals surface area (Å²) in [5.74, 6) is 0.360. The minimum absolute atomic E-state index is 0.0146. The molecule has 1 atom stereocenters. The van der Waals surface area contributed by atoms with Crippen molar-refractivity contribution in [3.8, 4) is 11.1 Å². The second-order valence-electron chi connectivity index (χ2n) is 13.2. The smallest absolute Gasteiger partial charge is 0.252 e. The van der Waals surface area contributed by atoms with E-state index in [0.29, 0.717) is 30.7 Å². The van der Waals surface area contributed by atoms with Crippen molar-refractivity contribution in [1.29, 1.82) is 0 Å². The average molecular weight is 578 g/mol. The van der Waals surface area contributed by atoms with Gasteiger partial charge in [0, 0.05) is 29.6 Å². The quantitative estimate of drug-likeness (QED) is 0.310.